The van der Waals surface area contributed by atoms with Crippen molar-refractivity contribution in [1.29, 1.82) is 0 Å². The van der Waals surface area contributed by atoms with Gasteiger partial charge < -0.3 is 4.74 Å². The number of hydrazone groups is 1. The van der Waals surface area contributed by atoms with Crippen LogP contribution >= 0.6 is 0 Å². The number of carbonyl (C=O) groups is 1. The molecule has 0 fully saturated rings. The fourth-order valence-electron chi connectivity index (χ4n) is 4.81. The number of benzene rings is 4. The first-order valence-corrected chi connectivity index (χ1v) is 12.5. The lowest BCUT2D eigenvalue weighted by molar-refractivity contribution is -0.384. The molecule has 1 aliphatic rings. The van der Waals surface area contributed by atoms with Crippen LogP contribution in [0.4, 0.5) is 22.7 Å². The van der Waals surface area contributed by atoms with E-state index in [1.54, 1.807) is 30.1 Å². The summed E-state index contributed by atoms with van der Waals surface area (Å²) < 4.78 is 5.82. The second-order valence-corrected chi connectivity index (χ2v) is 9.57. The number of hydrogen-bond acceptors (Lipinski definition) is 6. The van der Waals surface area contributed by atoms with E-state index in [2.05, 4.69) is 6.07 Å². The molecule has 0 atom stereocenters. The quantitative estimate of drug-likeness (QED) is 0.208. The highest BCUT2D eigenvalue weighted by Crippen LogP contribution is 2.41. The summed E-state index contributed by atoms with van der Waals surface area (Å²) in [6.45, 7) is 6.01. The Hall–Kier alpha value is -4.98. The molecule has 5 rings (SSSR count). The molecule has 0 aromatic heterocycles. The van der Waals surface area contributed by atoms with E-state index in [-0.39, 0.29) is 17.3 Å². The van der Waals surface area contributed by atoms with Crippen molar-refractivity contribution in [2.24, 2.45) is 5.10 Å². The zero-order chi connectivity index (χ0) is 27.8. The molecule has 0 spiro atoms. The van der Waals surface area contributed by atoms with Crippen molar-refractivity contribution in [3.8, 4) is 16.9 Å². The Morgan fingerprint density at radius 3 is 2.36 bits per heavy atom. The SMILES string of the molecule is COc1c(-c2cccc(C)c2)cccc1N(C)/N=C1\C(=O)N(c2ccc(C)c(C)c2)c2ccc([N+](=O)[O-])cc21. The molecule has 1 heterocycles. The molecule has 8 heteroatoms. The third kappa shape index (κ3) is 4.61. The summed E-state index contributed by atoms with van der Waals surface area (Å²) in [5, 5.41) is 17.9. The molecule has 4 aromatic rings. The molecule has 0 radical (unpaired) electrons. The van der Waals surface area contributed by atoms with E-state index in [0.29, 0.717) is 28.4 Å². The molecule has 1 amide bonds. The summed E-state index contributed by atoms with van der Waals surface area (Å²) in [4.78, 5) is 26.5. The number of non-ortho nitro benzene ring substituents is 1. The van der Waals surface area contributed by atoms with Gasteiger partial charge in [-0.05, 0) is 61.7 Å². The van der Waals surface area contributed by atoms with Gasteiger partial charge in [0.2, 0.25) is 0 Å². The summed E-state index contributed by atoms with van der Waals surface area (Å²) in [6.07, 6.45) is 0. The van der Waals surface area contributed by atoms with Crippen molar-refractivity contribution < 1.29 is 14.5 Å². The van der Waals surface area contributed by atoms with Crippen molar-refractivity contribution in [2.45, 2.75) is 20.8 Å². The number of nitro benzene ring substituents is 1. The number of ether oxygens (including phenoxy) is 1. The lowest BCUT2D eigenvalue weighted by Gasteiger charge is -2.20. The normalized spacial score (nSPS) is 13.5. The number of para-hydroxylation sites is 1. The monoisotopic (exact) mass is 520 g/mol. The molecule has 8 nitrogen and oxygen atoms in total. The first-order chi connectivity index (χ1) is 18.7. The van der Waals surface area contributed by atoms with Gasteiger partial charge in [0, 0.05) is 36.0 Å². The van der Waals surface area contributed by atoms with Crippen molar-refractivity contribution in [1.82, 2.24) is 0 Å². The number of nitrogens with zero attached hydrogens (tertiary/aromatic N) is 4. The largest absolute Gasteiger partial charge is 0.494 e. The molecular weight excluding hydrogens is 492 g/mol. The highest BCUT2D eigenvalue weighted by atomic mass is 16.6. The van der Waals surface area contributed by atoms with Gasteiger partial charge in [0.15, 0.2) is 11.5 Å². The van der Waals surface area contributed by atoms with Crippen LogP contribution in [0.25, 0.3) is 11.1 Å². The van der Waals surface area contributed by atoms with Gasteiger partial charge in [-0.15, -0.1) is 0 Å². The number of nitro groups is 1. The molecule has 39 heavy (non-hydrogen) atoms. The van der Waals surface area contributed by atoms with E-state index in [9.17, 15) is 14.9 Å². The van der Waals surface area contributed by atoms with E-state index in [0.717, 1.165) is 27.8 Å². The topological polar surface area (TPSA) is 88.3 Å². The van der Waals surface area contributed by atoms with Crippen LogP contribution in [0.1, 0.15) is 22.3 Å². The number of anilines is 3. The molecule has 0 aliphatic carbocycles. The zero-order valence-electron chi connectivity index (χ0n) is 22.4. The summed E-state index contributed by atoms with van der Waals surface area (Å²) >= 11 is 0. The van der Waals surface area contributed by atoms with E-state index in [1.807, 2.05) is 75.4 Å². The maximum atomic E-state index is 13.9. The lowest BCUT2D eigenvalue weighted by Crippen LogP contribution is -2.27. The first kappa shape index (κ1) is 25.7. The lowest BCUT2D eigenvalue weighted by atomic mass is 10.0. The van der Waals surface area contributed by atoms with E-state index in [4.69, 9.17) is 9.84 Å². The van der Waals surface area contributed by atoms with Crippen LogP contribution in [0, 0.1) is 30.9 Å². The molecule has 0 saturated heterocycles. The third-order valence-electron chi connectivity index (χ3n) is 6.97. The smallest absolute Gasteiger partial charge is 0.283 e. The van der Waals surface area contributed by atoms with Crippen molar-refractivity contribution in [3.05, 3.63) is 111 Å². The van der Waals surface area contributed by atoms with Gasteiger partial charge in [-0.1, -0.05) is 48.0 Å². The highest BCUT2D eigenvalue weighted by Gasteiger charge is 2.37. The minimum absolute atomic E-state index is 0.109. The summed E-state index contributed by atoms with van der Waals surface area (Å²) in [6, 6.07) is 24.0. The predicted octanol–water partition coefficient (Wildman–Crippen LogP) is 6.71. The highest BCUT2D eigenvalue weighted by molar-refractivity contribution is 6.55. The predicted molar refractivity (Wildman–Crippen MR) is 154 cm³/mol. The van der Waals surface area contributed by atoms with Gasteiger partial charge in [0.25, 0.3) is 11.6 Å². The fourth-order valence-corrected chi connectivity index (χ4v) is 4.81. The van der Waals surface area contributed by atoms with Crippen LogP contribution < -0.4 is 14.6 Å². The minimum Gasteiger partial charge on any atom is -0.494 e. The van der Waals surface area contributed by atoms with Crippen LogP contribution in [0.5, 0.6) is 5.75 Å². The Morgan fingerprint density at radius 1 is 0.897 bits per heavy atom. The van der Waals surface area contributed by atoms with Gasteiger partial charge in [-0.25, -0.2) is 0 Å². The number of hydrogen-bond donors (Lipinski definition) is 0. The fraction of sp³-hybridized carbons (Fsp3) is 0.161. The maximum absolute atomic E-state index is 13.9. The number of fused-ring (bicyclic) bond motifs is 1. The molecule has 0 unspecified atom stereocenters. The van der Waals surface area contributed by atoms with Crippen LogP contribution in [-0.4, -0.2) is 30.7 Å². The summed E-state index contributed by atoms with van der Waals surface area (Å²) in [5.41, 5.74) is 7.38. The molecular formula is C31H28N4O4. The van der Waals surface area contributed by atoms with Gasteiger partial charge in [-0.3, -0.25) is 24.8 Å². The van der Waals surface area contributed by atoms with Crippen LogP contribution in [-0.2, 0) is 4.79 Å². The Balaban J connectivity index is 1.64. The van der Waals surface area contributed by atoms with Crippen molar-refractivity contribution in [3.63, 3.8) is 0 Å². The van der Waals surface area contributed by atoms with Crippen LogP contribution in [0.2, 0.25) is 0 Å². The Morgan fingerprint density at radius 2 is 1.67 bits per heavy atom. The number of rotatable bonds is 6. The van der Waals surface area contributed by atoms with Gasteiger partial charge >= 0.3 is 0 Å². The van der Waals surface area contributed by atoms with E-state index >= 15 is 0 Å². The van der Waals surface area contributed by atoms with Gasteiger partial charge in [0.05, 0.1) is 17.7 Å². The van der Waals surface area contributed by atoms with Crippen molar-refractivity contribution >= 4 is 34.4 Å². The van der Waals surface area contributed by atoms with Crippen LogP contribution in [0.15, 0.2) is 84.0 Å². The number of carbonyl (C=O) groups excluding carboxylic acids is 1. The third-order valence-corrected chi connectivity index (χ3v) is 6.97. The number of methoxy groups -OCH3 is 1. The van der Waals surface area contributed by atoms with Crippen LogP contribution in [0.3, 0.4) is 0 Å². The molecule has 1 aliphatic heterocycles. The second kappa shape index (κ2) is 10.1. The average Bonchev–Trinajstić information content (AvgIpc) is 3.19. The average molecular weight is 521 g/mol. The second-order valence-electron chi connectivity index (χ2n) is 9.57. The molecule has 0 bridgehead atoms. The van der Waals surface area contributed by atoms with Gasteiger partial charge in [-0.2, -0.15) is 5.10 Å². The number of aryl methyl sites for hydroxylation is 3. The minimum atomic E-state index is -0.473. The molecule has 0 N–H and O–H groups in total. The molecule has 0 saturated carbocycles. The number of amides is 1. The van der Waals surface area contributed by atoms with E-state index in [1.165, 1.54) is 12.1 Å². The summed E-state index contributed by atoms with van der Waals surface area (Å²) in [7, 11) is 3.33. The Labute approximate surface area is 226 Å². The maximum Gasteiger partial charge on any atom is 0.283 e. The summed E-state index contributed by atoms with van der Waals surface area (Å²) in [5.74, 6) is 0.236. The Kier molecular flexibility index (Phi) is 6.62. The molecule has 4 aromatic carbocycles. The van der Waals surface area contributed by atoms with Gasteiger partial charge in [0.1, 0.15) is 5.69 Å². The standard InChI is InChI=1S/C31H28N4O4/c1-19-8-6-9-22(16-19)25-10-7-11-28(30(25)39-5)33(4)32-29-26-18-24(35(37)38)14-15-27(26)34(31(29)36)23-13-12-20(2)21(3)17-23/h6-18H,1-5H3/b32-29-. The van der Waals surface area contributed by atoms with E-state index < -0.39 is 4.92 Å². The van der Waals surface area contributed by atoms with Crippen molar-refractivity contribution in [2.75, 3.05) is 24.1 Å². The Bertz CT molecular complexity index is 1660. The first-order valence-electron chi connectivity index (χ1n) is 12.5. The molecule has 196 valence electrons. The zero-order valence-corrected chi connectivity index (χ0v) is 22.4.